The van der Waals surface area contributed by atoms with Crippen molar-refractivity contribution in [3.05, 3.63) is 90.0 Å². The molecular weight excluding hydrogens is 650 g/mol. The van der Waals surface area contributed by atoms with Crippen LogP contribution in [-0.4, -0.2) is 97.2 Å². The van der Waals surface area contributed by atoms with Crippen molar-refractivity contribution in [3.63, 3.8) is 0 Å². The van der Waals surface area contributed by atoms with E-state index in [2.05, 4.69) is 47.5 Å². The standard InChI is InChI=1S/C38H49N7O6/c1-45-19-15-38(16-20-45,37-41-35(43-44-37)30-13-17-39-18-14-30)42-32-11-7-10-31(26-32)36(47)40-27-29-9-6-12-33(25-29)51-24-5-3-4-21-49-22-8-23-50-28-34(46)48-2/h6-7,9-14,17-18,25-26,42H,3-5,8,15-16,19-24,27-28H2,1-2H3,(H,40,47)(H,41,43,44). The van der Waals surface area contributed by atoms with Crippen molar-refractivity contribution in [2.75, 3.05) is 65.6 Å². The van der Waals surface area contributed by atoms with Gasteiger partial charge in [0, 0.05) is 68.7 Å². The maximum absolute atomic E-state index is 13.3. The van der Waals surface area contributed by atoms with Crippen LogP contribution >= 0.6 is 0 Å². The predicted octanol–water partition coefficient (Wildman–Crippen LogP) is 4.98. The molecule has 0 bridgehead atoms. The molecule has 0 unspecified atom stereocenters. The lowest BCUT2D eigenvalue weighted by molar-refractivity contribution is -0.146. The number of carbonyl (C=O) groups excluding carboxylic acids is 2. The van der Waals surface area contributed by atoms with E-state index < -0.39 is 5.54 Å². The second-order valence-electron chi connectivity index (χ2n) is 12.7. The van der Waals surface area contributed by atoms with Crippen LogP contribution in [0.5, 0.6) is 5.75 Å². The van der Waals surface area contributed by atoms with Crippen molar-refractivity contribution in [2.45, 2.75) is 50.6 Å². The van der Waals surface area contributed by atoms with Crippen LogP contribution in [0, 0.1) is 0 Å². The van der Waals surface area contributed by atoms with Crippen LogP contribution in [0.2, 0.25) is 0 Å². The molecule has 0 atom stereocenters. The molecule has 4 aromatic rings. The molecule has 1 aliphatic rings. The first-order valence-electron chi connectivity index (χ1n) is 17.6. The third-order valence-corrected chi connectivity index (χ3v) is 8.82. The van der Waals surface area contributed by atoms with E-state index >= 15 is 0 Å². The lowest BCUT2D eigenvalue weighted by Crippen LogP contribution is -2.46. The highest BCUT2D eigenvalue weighted by Crippen LogP contribution is 2.35. The molecule has 0 saturated carbocycles. The number of H-pyrrole nitrogens is 1. The minimum absolute atomic E-state index is 0.0255. The summed E-state index contributed by atoms with van der Waals surface area (Å²) in [4.78, 5) is 34.1. The van der Waals surface area contributed by atoms with E-state index in [0.717, 1.165) is 80.0 Å². The van der Waals surface area contributed by atoms with Gasteiger partial charge in [-0.1, -0.05) is 18.2 Å². The van der Waals surface area contributed by atoms with Crippen molar-refractivity contribution in [3.8, 4) is 17.1 Å². The zero-order valence-corrected chi connectivity index (χ0v) is 29.6. The van der Waals surface area contributed by atoms with Gasteiger partial charge in [0.15, 0.2) is 11.6 Å². The number of likely N-dealkylation sites (tertiary alicyclic amines) is 1. The van der Waals surface area contributed by atoms with Crippen LogP contribution in [0.3, 0.4) is 0 Å². The predicted molar refractivity (Wildman–Crippen MR) is 193 cm³/mol. The van der Waals surface area contributed by atoms with Gasteiger partial charge in [-0.3, -0.25) is 9.78 Å². The summed E-state index contributed by atoms with van der Waals surface area (Å²) in [6, 6.07) is 19.2. The third-order valence-electron chi connectivity index (χ3n) is 8.82. The maximum Gasteiger partial charge on any atom is 0.331 e. The van der Waals surface area contributed by atoms with E-state index in [1.165, 1.54) is 7.11 Å². The fourth-order valence-electron chi connectivity index (χ4n) is 5.84. The number of unbranched alkanes of at least 4 members (excludes halogenated alkanes) is 2. The lowest BCUT2D eigenvalue weighted by Gasteiger charge is -2.40. The number of ether oxygens (including phenoxy) is 4. The minimum Gasteiger partial charge on any atom is -0.494 e. The summed E-state index contributed by atoms with van der Waals surface area (Å²) < 4.78 is 21.3. The fourth-order valence-corrected chi connectivity index (χ4v) is 5.84. The number of hydrogen-bond donors (Lipinski definition) is 3. The Hall–Kier alpha value is -4.85. The van der Waals surface area contributed by atoms with Gasteiger partial charge in [0.1, 0.15) is 12.4 Å². The first kappa shape index (κ1) is 37.4. The van der Waals surface area contributed by atoms with Gasteiger partial charge in [-0.05, 0) is 93.6 Å². The summed E-state index contributed by atoms with van der Waals surface area (Å²) >= 11 is 0. The number of pyridine rings is 1. The summed E-state index contributed by atoms with van der Waals surface area (Å²) in [7, 11) is 3.46. The highest BCUT2D eigenvalue weighted by atomic mass is 16.6. The van der Waals surface area contributed by atoms with Crippen LogP contribution < -0.4 is 15.4 Å². The Balaban J connectivity index is 1.06. The van der Waals surface area contributed by atoms with Crippen LogP contribution in [0.4, 0.5) is 5.69 Å². The Morgan fingerprint density at radius 3 is 2.47 bits per heavy atom. The van der Waals surface area contributed by atoms with Crippen LogP contribution in [0.25, 0.3) is 11.4 Å². The highest BCUT2D eigenvalue weighted by molar-refractivity contribution is 5.95. The molecule has 3 heterocycles. The first-order valence-corrected chi connectivity index (χ1v) is 17.6. The normalized spacial score (nSPS) is 14.2. The van der Waals surface area contributed by atoms with E-state index in [-0.39, 0.29) is 18.5 Å². The van der Waals surface area contributed by atoms with E-state index in [4.69, 9.17) is 14.2 Å². The van der Waals surface area contributed by atoms with E-state index in [9.17, 15) is 9.59 Å². The number of carbonyl (C=O) groups is 2. The summed E-state index contributed by atoms with van der Waals surface area (Å²) in [6.07, 6.45) is 8.72. The quantitative estimate of drug-likeness (QED) is 0.0847. The second kappa shape index (κ2) is 19.5. The Kier molecular flexibility index (Phi) is 14.3. The topological polar surface area (TPSA) is 153 Å². The monoisotopic (exact) mass is 699 g/mol. The number of anilines is 1. The summed E-state index contributed by atoms with van der Waals surface area (Å²) in [6.45, 7) is 4.50. The molecule has 5 rings (SSSR count). The number of amides is 1. The van der Waals surface area contributed by atoms with Gasteiger partial charge in [-0.25, -0.2) is 4.79 Å². The van der Waals surface area contributed by atoms with Gasteiger partial charge in [0.2, 0.25) is 0 Å². The van der Waals surface area contributed by atoms with Gasteiger partial charge in [0.25, 0.3) is 5.91 Å². The second-order valence-corrected chi connectivity index (χ2v) is 12.7. The minimum atomic E-state index is -0.460. The number of nitrogens with one attached hydrogen (secondary N) is 3. The summed E-state index contributed by atoms with van der Waals surface area (Å²) in [5.74, 6) is 1.73. The molecule has 1 amide bonds. The largest absolute Gasteiger partial charge is 0.494 e. The van der Waals surface area contributed by atoms with E-state index in [1.54, 1.807) is 12.4 Å². The van der Waals surface area contributed by atoms with Gasteiger partial charge in [0.05, 0.1) is 19.3 Å². The number of rotatable bonds is 20. The molecule has 3 N–H and O–H groups in total. The molecule has 2 aromatic heterocycles. The van der Waals surface area contributed by atoms with E-state index in [0.29, 0.717) is 44.4 Å². The van der Waals surface area contributed by atoms with Gasteiger partial charge in [-0.15, -0.1) is 10.2 Å². The Labute approximate surface area is 299 Å². The van der Waals surface area contributed by atoms with Crippen molar-refractivity contribution < 1.29 is 28.5 Å². The molecule has 0 aliphatic carbocycles. The number of hydrogen-bond acceptors (Lipinski definition) is 11. The number of nitrogens with zero attached hydrogens (tertiary/aromatic N) is 4. The first-order chi connectivity index (χ1) is 24.9. The lowest BCUT2D eigenvalue weighted by atomic mass is 9.86. The number of aromatic amines is 1. The maximum atomic E-state index is 13.3. The Bertz CT molecular complexity index is 1660. The molecule has 1 aliphatic heterocycles. The summed E-state index contributed by atoms with van der Waals surface area (Å²) in [5.41, 5.74) is 2.84. The van der Waals surface area contributed by atoms with Gasteiger partial charge < -0.3 is 39.5 Å². The molecular formula is C38H49N7O6. The average molecular weight is 700 g/mol. The molecule has 1 saturated heterocycles. The molecule has 272 valence electrons. The number of esters is 1. The Morgan fingerprint density at radius 2 is 1.65 bits per heavy atom. The third kappa shape index (κ3) is 11.6. The van der Waals surface area contributed by atoms with E-state index in [1.807, 2.05) is 60.7 Å². The van der Waals surface area contributed by atoms with Crippen LogP contribution in [-0.2, 0) is 31.1 Å². The zero-order valence-electron chi connectivity index (χ0n) is 29.6. The fraction of sp³-hybridized carbons (Fsp3) is 0.447. The van der Waals surface area contributed by atoms with Gasteiger partial charge in [-0.2, -0.15) is 0 Å². The van der Waals surface area contributed by atoms with Crippen molar-refractivity contribution in [2.24, 2.45) is 0 Å². The average Bonchev–Trinajstić information content (AvgIpc) is 3.67. The molecule has 2 aromatic carbocycles. The zero-order chi connectivity index (χ0) is 35.7. The number of piperidine rings is 1. The van der Waals surface area contributed by atoms with Crippen LogP contribution in [0.1, 0.15) is 60.3 Å². The molecule has 13 heteroatoms. The highest BCUT2D eigenvalue weighted by Gasteiger charge is 2.39. The molecule has 51 heavy (non-hydrogen) atoms. The SMILES string of the molecule is COC(=O)COCCCOCCCCCOc1cccc(CNC(=O)c2cccc(NC3(c4nnc(-c5ccncc5)[nH]4)CCN(C)CC3)c2)c1. The van der Waals surface area contributed by atoms with Gasteiger partial charge >= 0.3 is 5.97 Å². The summed E-state index contributed by atoms with van der Waals surface area (Å²) in [5, 5.41) is 15.8. The molecule has 0 spiro atoms. The molecule has 0 radical (unpaired) electrons. The number of benzene rings is 2. The molecule has 13 nitrogen and oxygen atoms in total. The Morgan fingerprint density at radius 1 is 0.882 bits per heavy atom. The number of methoxy groups -OCH3 is 1. The van der Waals surface area contributed by atoms with Crippen molar-refractivity contribution in [1.82, 2.24) is 30.4 Å². The smallest absolute Gasteiger partial charge is 0.331 e. The van der Waals surface area contributed by atoms with Crippen LogP contribution in [0.15, 0.2) is 73.1 Å². The van der Waals surface area contributed by atoms with Crippen molar-refractivity contribution >= 4 is 17.6 Å². The number of aromatic nitrogens is 4. The molecule has 1 fully saturated rings. The van der Waals surface area contributed by atoms with Crippen molar-refractivity contribution in [1.29, 1.82) is 0 Å².